The van der Waals surface area contributed by atoms with Gasteiger partial charge in [0.05, 0.1) is 3.79 Å². The van der Waals surface area contributed by atoms with Crippen molar-refractivity contribution in [2.24, 2.45) is 0 Å². The van der Waals surface area contributed by atoms with E-state index in [4.69, 9.17) is 0 Å². The van der Waals surface area contributed by atoms with Crippen LogP contribution in [0.5, 0.6) is 0 Å². The number of hydrogen-bond acceptors (Lipinski definition) is 4. The van der Waals surface area contributed by atoms with E-state index >= 15 is 0 Å². The van der Waals surface area contributed by atoms with Gasteiger partial charge in [0, 0.05) is 18.6 Å². The molecule has 0 radical (unpaired) electrons. The van der Waals surface area contributed by atoms with Crippen molar-refractivity contribution >= 4 is 37.3 Å². The Labute approximate surface area is 126 Å². The van der Waals surface area contributed by atoms with E-state index in [1.54, 1.807) is 16.4 Å². The number of sulfonamides is 1. The summed E-state index contributed by atoms with van der Waals surface area (Å²) in [6, 6.07) is 3.96. The highest BCUT2D eigenvalue weighted by molar-refractivity contribution is 9.11. The van der Waals surface area contributed by atoms with Crippen LogP contribution in [-0.4, -0.2) is 37.9 Å². The summed E-state index contributed by atoms with van der Waals surface area (Å²) >= 11 is 4.63. The summed E-state index contributed by atoms with van der Waals surface area (Å²) in [4.78, 5) is 0. The fourth-order valence-corrected chi connectivity index (χ4v) is 6.93. The molecule has 2 unspecified atom stereocenters. The van der Waals surface area contributed by atoms with E-state index in [-0.39, 0.29) is 6.04 Å². The van der Waals surface area contributed by atoms with Crippen LogP contribution in [-0.2, 0) is 10.0 Å². The average Bonchev–Trinajstić information content (AvgIpc) is 3.09. The van der Waals surface area contributed by atoms with E-state index in [9.17, 15) is 8.42 Å². The number of nitrogens with zero attached hydrogens (tertiary/aromatic N) is 1. The second-order valence-corrected chi connectivity index (χ2v) is 9.67. The molecule has 2 saturated heterocycles. The molecule has 2 aliphatic heterocycles. The number of rotatable bonds is 3. The minimum absolute atomic E-state index is 0.133. The van der Waals surface area contributed by atoms with E-state index in [1.807, 2.05) is 0 Å². The summed E-state index contributed by atoms with van der Waals surface area (Å²) in [5, 5.41) is 3.45. The molecular formula is C12H17BrN2O2S2. The molecule has 0 spiro atoms. The fourth-order valence-electron chi connectivity index (χ4n) is 3.06. The van der Waals surface area contributed by atoms with Crippen molar-refractivity contribution in [2.75, 3.05) is 13.1 Å². The summed E-state index contributed by atoms with van der Waals surface area (Å²) in [7, 11) is -3.32. The van der Waals surface area contributed by atoms with Crippen molar-refractivity contribution in [3.05, 3.63) is 15.9 Å². The number of nitrogens with one attached hydrogen (secondary N) is 1. The van der Waals surface area contributed by atoms with Gasteiger partial charge in [0.1, 0.15) is 4.21 Å². The molecule has 3 heterocycles. The van der Waals surface area contributed by atoms with Crippen LogP contribution in [0.3, 0.4) is 0 Å². The molecule has 3 rings (SSSR count). The summed E-state index contributed by atoms with van der Waals surface area (Å²) in [6.45, 7) is 1.67. The standard InChI is InChI=1S/C12H17BrN2O2S2/c13-11-5-6-12(18-11)19(16,17)15-8-2-4-10(15)9-3-1-7-14-9/h5-6,9-10,14H,1-4,7-8H2. The maximum absolute atomic E-state index is 12.7. The van der Waals surface area contributed by atoms with E-state index in [0.717, 1.165) is 36.0 Å². The van der Waals surface area contributed by atoms with Crippen LogP contribution in [0.15, 0.2) is 20.1 Å². The minimum Gasteiger partial charge on any atom is -0.312 e. The summed E-state index contributed by atoms with van der Waals surface area (Å²) in [5.74, 6) is 0. The number of hydrogen-bond donors (Lipinski definition) is 1. The molecule has 7 heteroatoms. The second kappa shape index (κ2) is 5.44. The lowest BCUT2D eigenvalue weighted by molar-refractivity contribution is 0.322. The van der Waals surface area contributed by atoms with Crippen molar-refractivity contribution in [3.63, 3.8) is 0 Å². The Hall–Kier alpha value is 0.0500. The Morgan fingerprint density at radius 1 is 1.32 bits per heavy atom. The summed E-state index contributed by atoms with van der Waals surface area (Å²) in [5.41, 5.74) is 0. The number of thiophene rings is 1. The molecule has 2 aliphatic rings. The second-order valence-electron chi connectivity index (χ2n) is 5.09. The molecule has 2 fully saturated rings. The van der Waals surface area contributed by atoms with Crippen LogP contribution in [0.4, 0.5) is 0 Å². The van der Waals surface area contributed by atoms with Gasteiger partial charge in [0.15, 0.2) is 0 Å². The van der Waals surface area contributed by atoms with Gasteiger partial charge < -0.3 is 5.32 Å². The molecule has 1 N–H and O–H groups in total. The highest BCUT2D eigenvalue weighted by Crippen LogP contribution is 2.34. The third-order valence-electron chi connectivity index (χ3n) is 3.92. The predicted molar refractivity (Wildman–Crippen MR) is 80.0 cm³/mol. The molecule has 106 valence electrons. The molecule has 0 bridgehead atoms. The Balaban J connectivity index is 1.87. The van der Waals surface area contributed by atoms with E-state index in [0.29, 0.717) is 16.8 Å². The Morgan fingerprint density at radius 3 is 2.79 bits per heavy atom. The first kappa shape index (κ1) is 14.0. The third-order valence-corrected chi connectivity index (χ3v) is 7.94. The molecule has 0 saturated carbocycles. The van der Waals surface area contributed by atoms with Crippen LogP contribution in [0, 0.1) is 0 Å². The highest BCUT2D eigenvalue weighted by atomic mass is 79.9. The lowest BCUT2D eigenvalue weighted by Gasteiger charge is -2.28. The van der Waals surface area contributed by atoms with Crippen LogP contribution in [0.25, 0.3) is 0 Å². The molecule has 1 aromatic heterocycles. The van der Waals surface area contributed by atoms with Crippen molar-refractivity contribution in [1.82, 2.24) is 9.62 Å². The first-order chi connectivity index (χ1) is 9.09. The average molecular weight is 365 g/mol. The van der Waals surface area contributed by atoms with Crippen molar-refractivity contribution in [3.8, 4) is 0 Å². The van der Waals surface area contributed by atoms with Crippen molar-refractivity contribution < 1.29 is 8.42 Å². The van der Waals surface area contributed by atoms with Crippen LogP contribution in [0.2, 0.25) is 0 Å². The topological polar surface area (TPSA) is 49.4 Å². The van der Waals surface area contributed by atoms with Gasteiger partial charge in [0.2, 0.25) is 0 Å². The van der Waals surface area contributed by atoms with E-state index in [1.165, 1.54) is 11.3 Å². The van der Waals surface area contributed by atoms with Crippen molar-refractivity contribution in [1.29, 1.82) is 0 Å². The first-order valence-corrected chi connectivity index (χ1v) is 9.64. The Morgan fingerprint density at radius 2 is 2.16 bits per heavy atom. The summed E-state index contributed by atoms with van der Waals surface area (Å²) in [6.07, 6.45) is 4.18. The quantitative estimate of drug-likeness (QED) is 0.895. The maximum atomic E-state index is 12.7. The zero-order valence-corrected chi connectivity index (χ0v) is 13.7. The predicted octanol–water partition coefficient (Wildman–Crippen LogP) is 2.42. The largest absolute Gasteiger partial charge is 0.312 e. The molecule has 1 aromatic rings. The molecule has 4 nitrogen and oxygen atoms in total. The molecular weight excluding hydrogens is 348 g/mol. The Bertz CT molecular complexity index is 552. The molecule has 0 aliphatic carbocycles. The Kier molecular flexibility index (Phi) is 4.01. The molecule has 2 atom stereocenters. The SMILES string of the molecule is O=S(=O)(c1ccc(Br)s1)N1CCCC1C1CCCN1. The van der Waals surface area contributed by atoms with Crippen LogP contribution >= 0.6 is 27.3 Å². The molecule has 0 aromatic carbocycles. The van der Waals surface area contributed by atoms with Gasteiger partial charge in [-0.15, -0.1) is 11.3 Å². The minimum atomic E-state index is -3.32. The third kappa shape index (κ3) is 2.63. The zero-order valence-electron chi connectivity index (χ0n) is 10.5. The van der Waals surface area contributed by atoms with Gasteiger partial charge >= 0.3 is 0 Å². The fraction of sp³-hybridized carbons (Fsp3) is 0.667. The molecule has 19 heavy (non-hydrogen) atoms. The van der Waals surface area contributed by atoms with Gasteiger partial charge in [-0.25, -0.2) is 8.42 Å². The zero-order chi connectivity index (χ0) is 13.5. The van der Waals surface area contributed by atoms with Gasteiger partial charge in [-0.1, -0.05) is 0 Å². The van der Waals surface area contributed by atoms with Gasteiger partial charge in [0.25, 0.3) is 10.0 Å². The highest BCUT2D eigenvalue weighted by Gasteiger charge is 2.40. The lowest BCUT2D eigenvalue weighted by Crippen LogP contribution is -2.46. The normalized spacial score (nSPS) is 29.1. The van der Waals surface area contributed by atoms with Crippen molar-refractivity contribution in [2.45, 2.75) is 42.0 Å². The van der Waals surface area contributed by atoms with E-state index < -0.39 is 10.0 Å². The van der Waals surface area contributed by atoms with Gasteiger partial charge in [-0.2, -0.15) is 4.31 Å². The smallest absolute Gasteiger partial charge is 0.252 e. The number of halogens is 1. The van der Waals surface area contributed by atoms with Crippen LogP contribution < -0.4 is 5.32 Å². The maximum Gasteiger partial charge on any atom is 0.252 e. The van der Waals surface area contributed by atoms with Gasteiger partial charge in [-0.3, -0.25) is 0 Å². The summed E-state index contributed by atoms with van der Waals surface area (Å²) < 4.78 is 28.4. The lowest BCUT2D eigenvalue weighted by atomic mass is 10.1. The molecule has 0 amide bonds. The monoisotopic (exact) mass is 364 g/mol. The van der Waals surface area contributed by atoms with E-state index in [2.05, 4.69) is 21.2 Å². The van der Waals surface area contributed by atoms with Gasteiger partial charge in [-0.05, 0) is 60.3 Å². The first-order valence-electron chi connectivity index (χ1n) is 6.59. The van der Waals surface area contributed by atoms with Crippen LogP contribution in [0.1, 0.15) is 25.7 Å².